The lowest BCUT2D eigenvalue weighted by molar-refractivity contribution is -0.115. The zero-order valence-corrected chi connectivity index (χ0v) is 13.2. The summed E-state index contributed by atoms with van der Waals surface area (Å²) in [6.07, 6.45) is 0. The summed E-state index contributed by atoms with van der Waals surface area (Å²) in [5, 5.41) is 11.6. The molecule has 0 aromatic heterocycles. The number of carboxylic acid groups (broad SMARTS) is 1. The van der Waals surface area contributed by atoms with Gasteiger partial charge in [0.2, 0.25) is 5.91 Å². The number of anilines is 1. The summed E-state index contributed by atoms with van der Waals surface area (Å²) >= 11 is 1.24. The number of amides is 1. The third-order valence-corrected chi connectivity index (χ3v) is 4.25. The maximum atomic E-state index is 12.2. The van der Waals surface area contributed by atoms with E-state index in [-0.39, 0.29) is 11.5 Å². The van der Waals surface area contributed by atoms with E-state index in [1.165, 1.54) is 17.8 Å². The van der Waals surface area contributed by atoms with Crippen LogP contribution in [0.25, 0.3) is 0 Å². The molecule has 22 heavy (non-hydrogen) atoms. The van der Waals surface area contributed by atoms with Gasteiger partial charge in [0.1, 0.15) is 0 Å². The molecule has 0 radical (unpaired) electrons. The summed E-state index contributed by atoms with van der Waals surface area (Å²) in [6.45, 7) is 3.71. The zero-order valence-electron chi connectivity index (χ0n) is 12.4. The lowest BCUT2D eigenvalue weighted by Gasteiger charge is -2.13. The predicted octanol–water partition coefficient (Wildman–Crippen LogP) is 3.81. The number of benzene rings is 2. The van der Waals surface area contributed by atoms with Gasteiger partial charge in [-0.25, -0.2) is 4.79 Å². The van der Waals surface area contributed by atoms with Crippen molar-refractivity contribution in [3.63, 3.8) is 0 Å². The van der Waals surface area contributed by atoms with Crippen LogP contribution in [0.2, 0.25) is 0 Å². The van der Waals surface area contributed by atoms with Gasteiger partial charge < -0.3 is 10.4 Å². The molecule has 114 valence electrons. The predicted molar refractivity (Wildman–Crippen MR) is 88.5 cm³/mol. The van der Waals surface area contributed by atoms with E-state index in [1.54, 1.807) is 25.1 Å². The first-order valence-corrected chi connectivity index (χ1v) is 7.72. The first-order chi connectivity index (χ1) is 10.5. The number of thioether (sulfide) groups is 1. The average Bonchev–Trinajstić information content (AvgIpc) is 2.47. The summed E-state index contributed by atoms with van der Waals surface area (Å²) in [7, 11) is 0. The normalized spacial score (nSPS) is 11.7. The van der Waals surface area contributed by atoms with Crippen LogP contribution in [0.1, 0.15) is 22.8 Å². The summed E-state index contributed by atoms with van der Waals surface area (Å²) in [5.41, 5.74) is 2.01. The Balaban J connectivity index is 2.07. The van der Waals surface area contributed by atoms with Gasteiger partial charge in [0.15, 0.2) is 0 Å². The molecular formula is C17H17NO3S. The van der Waals surface area contributed by atoms with E-state index in [0.29, 0.717) is 4.90 Å². The third kappa shape index (κ3) is 4.11. The number of carbonyl (C=O) groups excluding carboxylic acids is 1. The maximum absolute atomic E-state index is 12.2. The highest BCUT2D eigenvalue weighted by atomic mass is 32.2. The van der Waals surface area contributed by atoms with Gasteiger partial charge in [0.05, 0.1) is 10.8 Å². The Bertz CT molecular complexity index is 700. The van der Waals surface area contributed by atoms with E-state index < -0.39 is 11.2 Å². The molecular weight excluding hydrogens is 298 g/mol. The minimum atomic E-state index is -0.991. The number of hydrogen-bond donors (Lipinski definition) is 2. The Kier molecular flexibility index (Phi) is 5.22. The largest absolute Gasteiger partial charge is 0.478 e. The third-order valence-electron chi connectivity index (χ3n) is 3.08. The molecule has 0 aliphatic heterocycles. The number of rotatable bonds is 5. The summed E-state index contributed by atoms with van der Waals surface area (Å²) in [5.74, 6) is -1.15. The molecule has 0 heterocycles. The van der Waals surface area contributed by atoms with Crippen LogP contribution in [0.3, 0.4) is 0 Å². The van der Waals surface area contributed by atoms with Crippen LogP contribution < -0.4 is 5.32 Å². The summed E-state index contributed by atoms with van der Waals surface area (Å²) < 4.78 is 0. The molecule has 2 aromatic carbocycles. The van der Waals surface area contributed by atoms with Crippen molar-refractivity contribution in [1.29, 1.82) is 0 Å². The van der Waals surface area contributed by atoms with Crippen molar-refractivity contribution in [1.82, 2.24) is 0 Å². The first-order valence-electron chi connectivity index (χ1n) is 6.84. The maximum Gasteiger partial charge on any atom is 0.336 e. The molecule has 1 atom stereocenters. The van der Waals surface area contributed by atoms with Gasteiger partial charge >= 0.3 is 5.97 Å². The molecule has 0 spiro atoms. The van der Waals surface area contributed by atoms with E-state index in [4.69, 9.17) is 5.11 Å². The van der Waals surface area contributed by atoms with E-state index >= 15 is 0 Å². The number of carbonyl (C=O) groups is 2. The van der Waals surface area contributed by atoms with Crippen LogP contribution in [-0.4, -0.2) is 22.2 Å². The molecule has 0 bridgehead atoms. The molecule has 0 saturated heterocycles. The minimum absolute atomic E-state index is 0.157. The van der Waals surface area contributed by atoms with Crippen LogP contribution in [0.5, 0.6) is 0 Å². The second-order valence-electron chi connectivity index (χ2n) is 4.92. The van der Waals surface area contributed by atoms with Gasteiger partial charge in [0.25, 0.3) is 0 Å². The monoisotopic (exact) mass is 315 g/mol. The standard InChI is InChI=1S/C17H17NO3S/c1-11-6-5-7-13(10-11)18-16(19)12(2)22-15-9-4-3-8-14(15)17(20)21/h3-10,12H,1-2H3,(H,18,19)(H,20,21). The molecule has 5 heteroatoms. The Morgan fingerprint density at radius 2 is 1.86 bits per heavy atom. The van der Waals surface area contributed by atoms with Crippen molar-refractivity contribution in [3.05, 3.63) is 59.7 Å². The van der Waals surface area contributed by atoms with Crippen LogP contribution in [-0.2, 0) is 4.79 Å². The van der Waals surface area contributed by atoms with Gasteiger partial charge in [0, 0.05) is 10.6 Å². The molecule has 0 saturated carbocycles. The topological polar surface area (TPSA) is 66.4 Å². The van der Waals surface area contributed by atoms with Gasteiger partial charge in [-0.1, -0.05) is 24.3 Å². The molecule has 0 aliphatic carbocycles. The van der Waals surface area contributed by atoms with Crippen molar-refractivity contribution in [2.75, 3.05) is 5.32 Å². The SMILES string of the molecule is Cc1cccc(NC(=O)C(C)Sc2ccccc2C(=O)O)c1. The smallest absolute Gasteiger partial charge is 0.336 e. The van der Waals surface area contributed by atoms with E-state index in [1.807, 2.05) is 31.2 Å². The molecule has 1 amide bonds. The lowest BCUT2D eigenvalue weighted by Crippen LogP contribution is -2.22. The molecule has 4 nitrogen and oxygen atoms in total. The fourth-order valence-corrected chi connectivity index (χ4v) is 2.94. The van der Waals surface area contributed by atoms with Crippen LogP contribution >= 0.6 is 11.8 Å². The zero-order chi connectivity index (χ0) is 16.1. The van der Waals surface area contributed by atoms with Crippen molar-refractivity contribution in [2.45, 2.75) is 24.0 Å². The van der Waals surface area contributed by atoms with E-state index in [0.717, 1.165) is 11.3 Å². The second kappa shape index (κ2) is 7.13. The van der Waals surface area contributed by atoms with Gasteiger partial charge in [-0.15, -0.1) is 11.8 Å². The minimum Gasteiger partial charge on any atom is -0.478 e. The molecule has 1 unspecified atom stereocenters. The number of aromatic carboxylic acids is 1. The van der Waals surface area contributed by atoms with Gasteiger partial charge in [-0.2, -0.15) is 0 Å². The number of carboxylic acids is 1. The van der Waals surface area contributed by atoms with Gasteiger partial charge in [-0.05, 0) is 43.7 Å². The van der Waals surface area contributed by atoms with Crippen LogP contribution in [0.4, 0.5) is 5.69 Å². The number of hydrogen-bond acceptors (Lipinski definition) is 3. The second-order valence-corrected chi connectivity index (χ2v) is 6.30. The Morgan fingerprint density at radius 3 is 2.55 bits per heavy atom. The highest BCUT2D eigenvalue weighted by Crippen LogP contribution is 2.27. The Labute approximate surface area is 133 Å². The van der Waals surface area contributed by atoms with E-state index in [9.17, 15) is 9.59 Å². The molecule has 2 N–H and O–H groups in total. The molecule has 2 aromatic rings. The number of aryl methyl sites for hydroxylation is 1. The van der Waals surface area contributed by atoms with Crippen molar-refractivity contribution < 1.29 is 14.7 Å². The molecule has 0 aliphatic rings. The highest BCUT2D eigenvalue weighted by Gasteiger charge is 2.18. The van der Waals surface area contributed by atoms with Crippen molar-refractivity contribution >= 4 is 29.3 Å². The fraction of sp³-hybridized carbons (Fsp3) is 0.176. The summed E-state index contributed by atoms with van der Waals surface area (Å²) in [4.78, 5) is 24.0. The highest BCUT2D eigenvalue weighted by molar-refractivity contribution is 8.00. The Hall–Kier alpha value is -2.27. The molecule has 2 rings (SSSR count). The average molecular weight is 315 g/mol. The quantitative estimate of drug-likeness (QED) is 0.823. The van der Waals surface area contributed by atoms with Gasteiger partial charge in [-0.3, -0.25) is 4.79 Å². The first kappa shape index (κ1) is 16.1. The lowest BCUT2D eigenvalue weighted by atomic mass is 10.2. The van der Waals surface area contributed by atoms with Crippen molar-refractivity contribution in [3.8, 4) is 0 Å². The van der Waals surface area contributed by atoms with E-state index in [2.05, 4.69) is 5.32 Å². The van der Waals surface area contributed by atoms with Crippen molar-refractivity contribution in [2.24, 2.45) is 0 Å². The Morgan fingerprint density at radius 1 is 1.14 bits per heavy atom. The van der Waals surface area contributed by atoms with Crippen LogP contribution in [0, 0.1) is 6.92 Å². The summed E-state index contributed by atoms with van der Waals surface area (Å²) in [6, 6.07) is 14.2. The fourth-order valence-electron chi connectivity index (χ4n) is 1.96. The number of nitrogens with one attached hydrogen (secondary N) is 1. The van der Waals surface area contributed by atoms with Crippen LogP contribution in [0.15, 0.2) is 53.4 Å². The molecule has 0 fully saturated rings.